The fourth-order valence-electron chi connectivity index (χ4n) is 3.31. The van der Waals surface area contributed by atoms with E-state index in [2.05, 4.69) is 15.5 Å². The van der Waals surface area contributed by atoms with Gasteiger partial charge in [0.1, 0.15) is 5.75 Å². The molecule has 0 atom stereocenters. The summed E-state index contributed by atoms with van der Waals surface area (Å²) < 4.78 is 7.33. The van der Waals surface area contributed by atoms with Crippen LogP contribution in [0.4, 0.5) is 5.69 Å². The monoisotopic (exact) mass is 444 g/mol. The molecule has 0 fully saturated rings. The Balaban J connectivity index is 1.60. The molecule has 0 spiro atoms. The zero-order valence-electron chi connectivity index (χ0n) is 18.2. The van der Waals surface area contributed by atoms with Crippen LogP contribution in [0.15, 0.2) is 78.0 Å². The van der Waals surface area contributed by atoms with Gasteiger partial charge >= 0.3 is 0 Å². The minimum atomic E-state index is -0.0887. The number of rotatable bonds is 7. The van der Waals surface area contributed by atoms with Crippen molar-refractivity contribution in [2.45, 2.75) is 19.0 Å². The molecule has 4 rings (SSSR count). The summed E-state index contributed by atoms with van der Waals surface area (Å²) in [7, 11) is 1.64. The van der Waals surface area contributed by atoms with E-state index in [1.54, 1.807) is 7.11 Å². The van der Waals surface area contributed by atoms with E-state index in [0.717, 1.165) is 33.8 Å². The van der Waals surface area contributed by atoms with Crippen molar-refractivity contribution in [3.8, 4) is 22.8 Å². The third kappa shape index (κ3) is 4.84. The number of nitrogens with zero attached hydrogens (tertiary/aromatic N) is 3. The number of carbonyl (C=O) groups excluding carboxylic acids is 1. The van der Waals surface area contributed by atoms with E-state index in [4.69, 9.17) is 4.74 Å². The van der Waals surface area contributed by atoms with Gasteiger partial charge in [-0.15, -0.1) is 10.2 Å². The standard InChI is InChI=1S/C25H24N4O2S/c1-17-12-13-18(2)22(14-17)26-23(30)16-32-25-28-27-24(19-8-7-11-21(15-19)31-3)29(25)20-9-5-4-6-10-20/h4-15H,16H2,1-3H3,(H,26,30). The van der Waals surface area contributed by atoms with Gasteiger partial charge < -0.3 is 10.1 Å². The van der Waals surface area contributed by atoms with E-state index in [-0.39, 0.29) is 11.7 Å². The summed E-state index contributed by atoms with van der Waals surface area (Å²) in [6.45, 7) is 3.99. The van der Waals surface area contributed by atoms with E-state index < -0.39 is 0 Å². The number of hydrogen-bond acceptors (Lipinski definition) is 5. The lowest BCUT2D eigenvalue weighted by molar-refractivity contribution is -0.113. The molecule has 0 saturated carbocycles. The van der Waals surface area contributed by atoms with Crippen LogP contribution in [0.5, 0.6) is 5.75 Å². The number of hydrogen-bond donors (Lipinski definition) is 1. The SMILES string of the molecule is COc1cccc(-c2nnc(SCC(=O)Nc3cc(C)ccc3C)n2-c2ccccc2)c1. The van der Waals surface area contributed by atoms with Gasteiger partial charge in [0.15, 0.2) is 11.0 Å². The molecule has 6 nitrogen and oxygen atoms in total. The highest BCUT2D eigenvalue weighted by atomic mass is 32.2. The lowest BCUT2D eigenvalue weighted by Crippen LogP contribution is -2.15. The lowest BCUT2D eigenvalue weighted by Gasteiger charge is -2.12. The van der Waals surface area contributed by atoms with Crippen molar-refractivity contribution in [3.63, 3.8) is 0 Å². The molecule has 0 aliphatic carbocycles. The molecule has 0 unspecified atom stereocenters. The molecule has 1 heterocycles. The van der Waals surface area contributed by atoms with Crippen LogP contribution in [-0.4, -0.2) is 33.5 Å². The summed E-state index contributed by atoms with van der Waals surface area (Å²) >= 11 is 1.35. The summed E-state index contributed by atoms with van der Waals surface area (Å²) in [5, 5.41) is 12.5. The number of ether oxygens (including phenoxy) is 1. The Morgan fingerprint density at radius 1 is 1.00 bits per heavy atom. The van der Waals surface area contributed by atoms with Gasteiger partial charge in [-0.05, 0) is 55.3 Å². The fraction of sp³-hybridized carbons (Fsp3) is 0.160. The highest BCUT2D eigenvalue weighted by Gasteiger charge is 2.18. The average Bonchev–Trinajstić information content (AvgIpc) is 3.25. The quantitative estimate of drug-likeness (QED) is 0.392. The van der Waals surface area contributed by atoms with Crippen LogP contribution in [0, 0.1) is 13.8 Å². The van der Waals surface area contributed by atoms with Crippen LogP contribution >= 0.6 is 11.8 Å². The van der Waals surface area contributed by atoms with E-state index >= 15 is 0 Å². The van der Waals surface area contributed by atoms with Crippen LogP contribution in [0.25, 0.3) is 17.1 Å². The van der Waals surface area contributed by atoms with E-state index in [9.17, 15) is 4.79 Å². The number of carbonyl (C=O) groups is 1. The van der Waals surface area contributed by atoms with Gasteiger partial charge in [0, 0.05) is 16.9 Å². The second-order valence-electron chi connectivity index (χ2n) is 7.36. The molecule has 32 heavy (non-hydrogen) atoms. The summed E-state index contributed by atoms with van der Waals surface area (Å²) in [4.78, 5) is 12.7. The minimum absolute atomic E-state index is 0.0887. The van der Waals surface area contributed by atoms with Crippen LogP contribution in [0.2, 0.25) is 0 Å². The van der Waals surface area contributed by atoms with Crippen molar-refractivity contribution in [2.24, 2.45) is 0 Å². The lowest BCUT2D eigenvalue weighted by atomic mass is 10.1. The molecule has 0 saturated heterocycles. The molecule has 0 bridgehead atoms. The van der Waals surface area contributed by atoms with E-state index in [1.807, 2.05) is 91.2 Å². The maximum absolute atomic E-state index is 12.7. The Morgan fingerprint density at radius 3 is 2.59 bits per heavy atom. The summed E-state index contributed by atoms with van der Waals surface area (Å²) in [6, 6.07) is 23.6. The largest absolute Gasteiger partial charge is 0.497 e. The molecule has 3 aromatic carbocycles. The molecule has 4 aromatic rings. The second-order valence-corrected chi connectivity index (χ2v) is 8.31. The van der Waals surface area contributed by atoms with Gasteiger partial charge in [-0.1, -0.05) is 54.2 Å². The maximum Gasteiger partial charge on any atom is 0.234 e. The Hall–Kier alpha value is -3.58. The Bertz CT molecular complexity index is 1240. The molecular weight excluding hydrogens is 420 g/mol. The first-order valence-electron chi connectivity index (χ1n) is 10.2. The Morgan fingerprint density at radius 2 is 1.81 bits per heavy atom. The Kier molecular flexibility index (Phi) is 6.56. The molecule has 7 heteroatoms. The first-order valence-corrected chi connectivity index (χ1v) is 11.2. The summed E-state index contributed by atoms with van der Waals surface area (Å²) in [6.07, 6.45) is 0. The topological polar surface area (TPSA) is 69.0 Å². The normalized spacial score (nSPS) is 10.7. The molecule has 162 valence electrons. The van der Waals surface area contributed by atoms with Crippen molar-refractivity contribution >= 4 is 23.4 Å². The van der Waals surface area contributed by atoms with Crippen molar-refractivity contribution in [3.05, 3.63) is 83.9 Å². The maximum atomic E-state index is 12.7. The number of amides is 1. The molecular formula is C25H24N4O2S. The first-order chi connectivity index (χ1) is 15.5. The molecule has 1 amide bonds. The van der Waals surface area contributed by atoms with E-state index in [1.165, 1.54) is 11.8 Å². The smallest absolute Gasteiger partial charge is 0.234 e. The minimum Gasteiger partial charge on any atom is -0.497 e. The van der Waals surface area contributed by atoms with Gasteiger partial charge in [0.2, 0.25) is 5.91 Å². The molecule has 0 aliphatic rings. The van der Waals surface area contributed by atoms with Crippen molar-refractivity contribution in [1.29, 1.82) is 0 Å². The van der Waals surface area contributed by atoms with Gasteiger partial charge in [-0.3, -0.25) is 9.36 Å². The number of aromatic nitrogens is 3. The van der Waals surface area contributed by atoms with Crippen LogP contribution < -0.4 is 10.1 Å². The van der Waals surface area contributed by atoms with Crippen LogP contribution in [0.1, 0.15) is 11.1 Å². The zero-order chi connectivity index (χ0) is 22.5. The highest BCUT2D eigenvalue weighted by molar-refractivity contribution is 7.99. The van der Waals surface area contributed by atoms with Crippen molar-refractivity contribution in [1.82, 2.24) is 14.8 Å². The second kappa shape index (κ2) is 9.70. The number of anilines is 1. The van der Waals surface area contributed by atoms with Crippen LogP contribution in [0.3, 0.4) is 0 Å². The fourth-order valence-corrected chi connectivity index (χ4v) is 4.06. The summed E-state index contributed by atoms with van der Waals surface area (Å²) in [5.74, 6) is 1.56. The van der Waals surface area contributed by atoms with Crippen molar-refractivity contribution < 1.29 is 9.53 Å². The third-order valence-corrected chi connectivity index (χ3v) is 5.90. The van der Waals surface area contributed by atoms with E-state index in [0.29, 0.717) is 11.0 Å². The first kappa shape index (κ1) is 21.6. The zero-order valence-corrected chi connectivity index (χ0v) is 19.0. The van der Waals surface area contributed by atoms with Gasteiger partial charge in [-0.2, -0.15) is 0 Å². The van der Waals surface area contributed by atoms with Gasteiger partial charge in [0.05, 0.1) is 12.9 Å². The van der Waals surface area contributed by atoms with Gasteiger partial charge in [0.25, 0.3) is 0 Å². The number of aryl methyl sites for hydroxylation is 2. The number of nitrogens with one attached hydrogen (secondary N) is 1. The Labute approximate surface area is 191 Å². The average molecular weight is 445 g/mol. The highest BCUT2D eigenvalue weighted by Crippen LogP contribution is 2.30. The molecule has 0 aliphatic heterocycles. The number of thioether (sulfide) groups is 1. The predicted molar refractivity (Wildman–Crippen MR) is 129 cm³/mol. The van der Waals surface area contributed by atoms with Crippen LogP contribution in [-0.2, 0) is 4.79 Å². The summed E-state index contributed by atoms with van der Waals surface area (Å²) in [5.41, 5.74) is 4.77. The molecule has 1 N–H and O–H groups in total. The predicted octanol–water partition coefficient (Wildman–Crippen LogP) is 5.29. The molecule has 1 aromatic heterocycles. The number of benzene rings is 3. The van der Waals surface area contributed by atoms with Crippen molar-refractivity contribution in [2.75, 3.05) is 18.2 Å². The third-order valence-electron chi connectivity index (χ3n) is 4.98. The number of methoxy groups -OCH3 is 1. The number of para-hydroxylation sites is 1. The van der Waals surface area contributed by atoms with Gasteiger partial charge in [-0.25, -0.2) is 0 Å². The molecule has 0 radical (unpaired) electrons.